The number of H-pyrrole nitrogens is 1. The molecule has 0 amide bonds. The van der Waals surface area contributed by atoms with Gasteiger partial charge in [0.05, 0.1) is 0 Å². The Morgan fingerprint density at radius 3 is 2.50 bits per heavy atom. The molecule has 1 unspecified atom stereocenters. The molecule has 3 aromatic rings. The Bertz CT molecular complexity index is 1150. The zero-order valence-electron chi connectivity index (χ0n) is 23.3. The van der Waals surface area contributed by atoms with Gasteiger partial charge in [0.25, 0.3) is 0 Å². The molecule has 0 radical (unpaired) electrons. The van der Waals surface area contributed by atoms with Gasteiger partial charge in [0.15, 0.2) is 0 Å². The fourth-order valence-corrected chi connectivity index (χ4v) is 4.10. The molecule has 1 aliphatic rings. The van der Waals surface area contributed by atoms with E-state index >= 15 is 0 Å². The highest BCUT2D eigenvalue weighted by Gasteiger charge is 2.37. The fourth-order valence-electron chi connectivity index (χ4n) is 4.10. The molecule has 1 aliphatic heterocycles. The number of rotatable bonds is 6. The van der Waals surface area contributed by atoms with E-state index in [2.05, 4.69) is 34.9 Å². The Morgan fingerprint density at radius 1 is 1.21 bits per heavy atom. The molecule has 0 spiro atoms. The first-order chi connectivity index (χ1) is 18.1. The summed E-state index contributed by atoms with van der Waals surface area (Å²) in [5.41, 5.74) is 8.77. The van der Waals surface area contributed by atoms with Crippen molar-refractivity contribution < 1.29 is 17.6 Å². The molecule has 0 saturated carbocycles. The first-order valence-corrected chi connectivity index (χ1v) is 13.0. The van der Waals surface area contributed by atoms with E-state index in [0.29, 0.717) is 37.8 Å². The topological polar surface area (TPSA) is 57.9 Å². The second kappa shape index (κ2) is 16.0. The molecule has 4 nitrogen and oxygen atoms in total. The van der Waals surface area contributed by atoms with Crippen LogP contribution in [0.5, 0.6) is 0 Å². The molecule has 1 aromatic carbocycles. The molecule has 4 rings (SSSR count). The minimum absolute atomic E-state index is 0.286. The highest BCUT2D eigenvalue weighted by atomic mass is 19.3. The summed E-state index contributed by atoms with van der Waals surface area (Å²) in [6.45, 7) is 15.6. The summed E-state index contributed by atoms with van der Waals surface area (Å²) < 4.78 is 53.3. The number of aromatic nitrogens is 2. The molecule has 3 heterocycles. The number of aryl methyl sites for hydroxylation is 2. The maximum atomic E-state index is 13.6. The summed E-state index contributed by atoms with van der Waals surface area (Å²) in [5, 5.41) is 1.14. The van der Waals surface area contributed by atoms with Crippen LogP contribution in [0.25, 0.3) is 17.1 Å². The average molecular weight is 535 g/mol. The van der Waals surface area contributed by atoms with Crippen LogP contribution in [0.2, 0.25) is 0 Å². The lowest BCUT2D eigenvalue weighted by Crippen LogP contribution is -2.41. The first kappa shape index (κ1) is 32.9. The lowest BCUT2D eigenvalue weighted by molar-refractivity contribution is -0.0621. The van der Waals surface area contributed by atoms with Crippen LogP contribution in [0.3, 0.4) is 0 Å². The SMILES string of the molecule is C=C(CCc1ccc(F)cc1F)N1CCCC(C(C)(F)F)C1.C=Cc1cc2cc(C)cnc2[nH]1.CC.CN. The smallest absolute Gasteiger partial charge is 0.249 e. The Balaban J connectivity index is 0.000000379. The van der Waals surface area contributed by atoms with Gasteiger partial charge >= 0.3 is 0 Å². The summed E-state index contributed by atoms with van der Waals surface area (Å²) in [6.07, 6.45) is 5.72. The predicted molar refractivity (Wildman–Crippen MR) is 151 cm³/mol. The van der Waals surface area contributed by atoms with E-state index in [1.165, 1.54) is 24.7 Å². The van der Waals surface area contributed by atoms with Crippen LogP contribution in [0.15, 0.2) is 55.4 Å². The summed E-state index contributed by atoms with van der Waals surface area (Å²) in [4.78, 5) is 9.26. The van der Waals surface area contributed by atoms with E-state index in [-0.39, 0.29) is 6.54 Å². The van der Waals surface area contributed by atoms with Crippen LogP contribution in [-0.2, 0) is 6.42 Å². The van der Waals surface area contributed by atoms with E-state index < -0.39 is 23.5 Å². The van der Waals surface area contributed by atoms with E-state index in [0.717, 1.165) is 35.4 Å². The largest absolute Gasteiger partial charge is 0.375 e. The fraction of sp³-hybridized carbons (Fsp3) is 0.433. The average Bonchev–Trinajstić information content (AvgIpc) is 3.33. The standard InChI is InChI=1S/C17H21F4N.C10H10N2.C2H6.CH5N/c1-12(5-6-13-7-8-15(18)10-16(13)19)22-9-3-4-14(11-22)17(2,20)21;1-3-9-5-8-4-7(2)6-11-10(8)12-9;2*1-2/h7-8,10,14H,1,3-6,9,11H2,2H3;3-6H,1H2,2H3,(H,11,12);1-2H3;2H2,1H3. The van der Waals surface area contributed by atoms with Crippen LogP contribution in [0.4, 0.5) is 17.6 Å². The van der Waals surface area contributed by atoms with Gasteiger partial charge in [-0.15, -0.1) is 0 Å². The number of halogens is 4. The lowest BCUT2D eigenvalue weighted by Gasteiger charge is -2.38. The third kappa shape index (κ3) is 9.97. The van der Waals surface area contributed by atoms with Gasteiger partial charge in [-0.25, -0.2) is 22.5 Å². The third-order valence-corrected chi connectivity index (χ3v) is 6.13. The van der Waals surface area contributed by atoms with Crippen LogP contribution in [-0.4, -0.2) is 40.9 Å². The zero-order chi connectivity index (χ0) is 28.9. The molecule has 0 bridgehead atoms. The number of benzene rings is 1. The lowest BCUT2D eigenvalue weighted by atomic mass is 9.92. The molecular formula is C30H42F4N4. The molecule has 0 aliphatic carbocycles. The van der Waals surface area contributed by atoms with Crippen molar-refractivity contribution in [3.05, 3.63) is 83.8 Å². The number of fused-ring (bicyclic) bond motifs is 1. The first-order valence-electron chi connectivity index (χ1n) is 13.0. The molecule has 1 atom stereocenters. The van der Waals surface area contributed by atoms with E-state index in [1.807, 2.05) is 37.9 Å². The number of pyridine rings is 1. The minimum atomic E-state index is -2.69. The number of allylic oxidation sites excluding steroid dienone is 1. The number of aromatic amines is 1. The Morgan fingerprint density at radius 2 is 1.89 bits per heavy atom. The van der Waals surface area contributed by atoms with Crippen LogP contribution < -0.4 is 5.73 Å². The normalized spacial score (nSPS) is 14.8. The Hall–Kier alpha value is -3.13. The summed E-state index contributed by atoms with van der Waals surface area (Å²) in [6, 6.07) is 7.63. The maximum Gasteiger partial charge on any atom is 0.249 e. The molecule has 3 N–H and O–H groups in total. The number of likely N-dealkylation sites (tertiary alicyclic amines) is 1. The van der Waals surface area contributed by atoms with Crippen molar-refractivity contribution in [3.8, 4) is 0 Å². The molecule has 1 saturated heterocycles. The summed E-state index contributed by atoms with van der Waals surface area (Å²) in [5.74, 6) is -4.55. The van der Waals surface area contributed by atoms with Crippen LogP contribution in [0, 0.1) is 24.5 Å². The number of hydrogen-bond donors (Lipinski definition) is 2. The Kier molecular flexibility index (Phi) is 13.8. The van der Waals surface area contributed by atoms with Gasteiger partial charge in [-0.1, -0.05) is 33.1 Å². The maximum absolute atomic E-state index is 13.6. The van der Waals surface area contributed by atoms with Crippen molar-refractivity contribution >= 4 is 17.1 Å². The summed E-state index contributed by atoms with van der Waals surface area (Å²) in [7, 11) is 1.50. The number of nitrogens with zero attached hydrogens (tertiary/aromatic N) is 2. The van der Waals surface area contributed by atoms with E-state index in [1.54, 1.807) is 6.08 Å². The Labute approximate surface area is 224 Å². The highest BCUT2D eigenvalue weighted by molar-refractivity contribution is 5.79. The monoisotopic (exact) mass is 534 g/mol. The molecule has 2 aromatic heterocycles. The predicted octanol–water partition coefficient (Wildman–Crippen LogP) is 7.89. The quantitative estimate of drug-likeness (QED) is 0.316. The third-order valence-electron chi connectivity index (χ3n) is 6.13. The van der Waals surface area contributed by atoms with Gasteiger partial charge in [-0.2, -0.15) is 0 Å². The summed E-state index contributed by atoms with van der Waals surface area (Å²) >= 11 is 0. The van der Waals surface area contributed by atoms with Crippen molar-refractivity contribution in [1.82, 2.24) is 14.9 Å². The van der Waals surface area contributed by atoms with Gasteiger partial charge in [-0.3, -0.25) is 0 Å². The molecule has 38 heavy (non-hydrogen) atoms. The van der Waals surface area contributed by atoms with Gasteiger partial charge in [0.1, 0.15) is 17.3 Å². The molecule has 210 valence electrons. The second-order valence-electron chi connectivity index (χ2n) is 8.92. The van der Waals surface area contributed by atoms with Crippen molar-refractivity contribution in [2.45, 2.75) is 59.3 Å². The second-order valence-corrected chi connectivity index (χ2v) is 8.92. The van der Waals surface area contributed by atoms with Gasteiger partial charge in [0, 0.05) is 48.0 Å². The van der Waals surface area contributed by atoms with Gasteiger partial charge < -0.3 is 15.6 Å². The van der Waals surface area contributed by atoms with E-state index in [9.17, 15) is 17.6 Å². The van der Waals surface area contributed by atoms with Crippen molar-refractivity contribution in [3.63, 3.8) is 0 Å². The van der Waals surface area contributed by atoms with Crippen molar-refractivity contribution in [2.24, 2.45) is 11.7 Å². The number of nitrogens with one attached hydrogen (secondary N) is 1. The highest BCUT2D eigenvalue weighted by Crippen LogP contribution is 2.33. The molecule has 1 fully saturated rings. The van der Waals surface area contributed by atoms with Crippen molar-refractivity contribution in [1.29, 1.82) is 0 Å². The number of hydrogen-bond acceptors (Lipinski definition) is 3. The van der Waals surface area contributed by atoms with Gasteiger partial charge in [0.2, 0.25) is 5.92 Å². The van der Waals surface area contributed by atoms with Gasteiger partial charge in [-0.05, 0) is 82.0 Å². The zero-order valence-corrected chi connectivity index (χ0v) is 23.3. The minimum Gasteiger partial charge on any atom is -0.375 e. The number of nitrogens with two attached hydrogens (primary N) is 1. The van der Waals surface area contributed by atoms with Crippen molar-refractivity contribution in [2.75, 3.05) is 20.1 Å². The number of alkyl halides is 2. The van der Waals surface area contributed by atoms with Crippen LogP contribution in [0.1, 0.15) is 56.9 Å². The molecule has 8 heteroatoms. The molecular weight excluding hydrogens is 492 g/mol. The van der Waals surface area contributed by atoms with E-state index in [4.69, 9.17) is 0 Å². The number of piperidine rings is 1. The van der Waals surface area contributed by atoms with Crippen LogP contribution >= 0.6 is 0 Å².